The third-order valence-corrected chi connectivity index (χ3v) is 6.73. The number of carbonyl (C=O) groups excluding carboxylic acids is 2. The molecule has 5 nitrogen and oxygen atoms in total. The number of carbonyl (C=O) groups is 2. The standard InChI is InChI=1S/C23H33N3O2/c27-22(14-19-9-3-8-18-7-1-2-10-20(18)19)26-13-5-6-17(16-26)15-25-23(28)21-11-4-12-24-21/h1-2,7,10,17,19,21,24H,3-6,8-9,11-16H2,(H,25,28). The van der Waals surface area contributed by atoms with Gasteiger partial charge in [-0.15, -0.1) is 0 Å². The highest BCUT2D eigenvalue weighted by Crippen LogP contribution is 2.34. The van der Waals surface area contributed by atoms with E-state index >= 15 is 0 Å². The Balaban J connectivity index is 1.28. The molecule has 0 bridgehead atoms. The SMILES string of the molecule is O=C(NCC1CCCN(C(=O)CC2CCCc3ccccc32)C1)C1CCCN1. The van der Waals surface area contributed by atoms with E-state index in [2.05, 4.69) is 34.9 Å². The van der Waals surface area contributed by atoms with Crippen molar-refractivity contribution in [3.63, 3.8) is 0 Å². The Labute approximate surface area is 168 Å². The Morgan fingerprint density at radius 1 is 1.11 bits per heavy atom. The Hall–Kier alpha value is -1.88. The van der Waals surface area contributed by atoms with E-state index in [-0.39, 0.29) is 17.9 Å². The van der Waals surface area contributed by atoms with Crippen LogP contribution in [0.25, 0.3) is 0 Å². The molecule has 3 atom stereocenters. The Morgan fingerprint density at radius 2 is 2.00 bits per heavy atom. The van der Waals surface area contributed by atoms with Crippen LogP contribution in [0, 0.1) is 5.92 Å². The summed E-state index contributed by atoms with van der Waals surface area (Å²) in [6.07, 6.45) is 8.20. The highest BCUT2D eigenvalue weighted by molar-refractivity contribution is 5.82. The van der Waals surface area contributed by atoms with Crippen LogP contribution < -0.4 is 10.6 Å². The summed E-state index contributed by atoms with van der Waals surface area (Å²) in [4.78, 5) is 27.3. The van der Waals surface area contributed by atoms with Crippen molar-refractivity contribution in [1.29, 1.82) is 0 Å². The predicted molar refractivity (Wildman–Crippen MR) is 110 cm³/mol. The molecule has 3 unspecified atom stereocenters. The maximum absolute atomic E-state index is 13.0. The van der Waals surface area contributed by atoms with Gasteiger partial charge >= 0.3 is 0 Å². The summed E-state index contributed by atoms with van der Waals surface area (Å²) in [5.41, 5.74) is 2.80. The summed E-state index contributed by atoms with van der Waals surface area (Å²) in [7, 11) is 0. The molecule has 1 aromatic carbocycles. The van der Waals surface area contributed by atoms with Crippen molar-refractivity contribution >= 4 is 11.8 Å². The van der Waals surface area contributed by atoms with Gasteiger partial charge in [-0.05, 0) is 74.5 Å². The number of fused-ring (bicyclic) bond motifs is 1. The molecule has 0 spiro atoms. The van der Waals surface area contributed by atoms with Crippen LogP contribution in [0.2, 0.25) is 0 Å². The van der Waals surface area contributed by atoms with E-state index in [4.69, 9.17) is 0 Å². The van der Waals surface area contributed by atoms with Gasteiger partial charge in [0, 0.05) is 26.1 Å². The van der Waals surface area contributed by atoms with E-state index < -0.39 is 0 Å². The minimum Gasteiger partial charge on any atom is -0.354 e. The molecule has 1 aliphatic carbocycles. The van der Waals surface area contributed by atoms with Gasteiger partial charge in [0.05, 0.1) is 6.04 Å². The summed E-state index contributed by atoms with van der Waals surface area (Å²) >= 11 is 0. The summed E-state index contributed by atoms with van der Waals surface area (Å²) < 4.78 is 0. The first kappa shape index (κ1) is 19.4. The number of likely N-dealkylation sites (tertiary alicyclic amines) is 1. The highest BCUT2D eigenvalue weighted by Gasteiger charge is 2.29. The first-order valence-corrected chi connectivity index (χ1v) is 11.1. The zero-order valence-electron chi connectivity index (χ0n) is 16.8. The first-order valence-electron chi connectivity index (χ1n) is 11.1. The quantitative estimate of drug-likeness (QED) is 0.822. The average Bonchev–Trinajstić information content (AvgIpc) is 3.27. The van der Waals surface area contributed by atoms with E-state index in [9.17, 15) is 9.59 Å². The lowest BCUT2D eigenvalue weighted by Crippen LogP contribution is -2.47. The van der Waals surface area contributed by atoms with Gasteiger partial charge in [-0.3, -0.25) is 9.59 Å². The molecule has 2 saturated heterocycles. The molecule has 2 amide bonds. The van der Waals surface area contributed by atoms with Gasteiger partial charge in [0.1, 0.15) is 0 Å². The maximum atomic E-state index is 13.0. The van der Waals surface area contributed by atoms with E-state index in [1.807, 2.05) is 4.90 Å². The third-order valence-electron chi connectivity index (χ3n) is 6.73. The van der Waals surface area contributed by atoms with Crippen molar-refractivity contribution in [2.45, 2.75) is 63.3 Å². The monoisotopic (exact) mass is 383 g/mol. The van der Waals surface area contributed by atoms with Crippen molar-refractivity contribution in [3.8, 4) is 0 Å². The summed E-state index contributed by atoms with van der Waals surface area (Å²) in [5, 5.41) is 6.36. The van der Waals surface area contributed by atoms with Crippen LogP contribution in [-0.2, 0) is 16.0 Å². The molecule has 2 heterocycles. The van der Waals surface area contributed by atoms with Gasteiger partial charge in [-0.25, -0.2) is 0 Å². The van der Waals surface area contributed by atoms with E-state index in [0.29, 0.717) is 24.8 Å². The van der Waals surface area contributed by atoms with Gasteiger partial charge in [0.25, 0.3) is 0 Å². The molecule has 5 heteroatoms. The predicted octanol–water partition coefficient (Wildman–Crippen LogP) is 2.60. The van der Waals surface area contributed by atoms with Crippen LogP contribution >= 0.6 is 0 Å². The lowest BCUT2D eigenvalue weighted by atomic mass is 9.81. The number of aryl methyl sites for hydroxylation is 1. The molecule has 3 aliphatic rings. The van der Waals surface area contributed by atoms with Crippen LogP contribution in [0.4, 0.5) is 0 Å². The van der Waals surface area contributed by atoms with Crippen LogP contribution in [0.5, 0.6) is 0 Å². The number of benzene rings is 1. The van der Waals surface area contributed by atoms with Crippen molar-refractivity contribution in [1.82, 2.24) is 15.5 Å². The van der Waals surface area contributed by atoms with Crippen LogP contribution in [-0.4, -0.2) is 48.9 Å². The van der Waals surface area contributed by atoms with Crippen LogP contribution in [0.15, 0.2) is 24.3 Å². The van der Waals surface area contributed by atoms with E-state index in [0.717, 1.165) is 58.2 Å². The van der Waals surface area contributed by atoms with Crippen molar-refractivity contribution in [2.75, 3.05) is 26.2 Å². The summed E-state index contributed by atoms with van der Waals surface area (Å²) in [6, 6.07) is 8.60. The Bertz CT molecular complexity index is 699. The molecule has 0 saturated carbocycles. The summed E-state index contributed by atoms with van der Waals surface area (Å²) in [5.74, 6) is 1.16. The largest absolute Gasteiger partial charge is 0.354 e. The number of amides is 2. The van der Waals surface area contributed by atoms with Crippen LogP contribution in [0.1, 0.15) is 62.0 Å². The smallest absolute Gasteiger partial charge is 0.237 e. The van der Waals surface area contributed by atoms with E-state index in [1.165, 1.54) is 17.5 Å². The lowest BCUT2D eigenvalue weighted by Gasteiger charge is -2.34. The molecular weight excluding hydrogens is 350 g/mol. The maximum Gasteiger partial charge on any atom is 0.237 e. The fourth-order valence-corrected chi connectivity index (χ4v) is 5.14. The minimum atomic E-state index is -0.0207. The van der Waals surface area contributed by atoms with Gasteiger partial charge in [-0.2, -0.15) is 0 Å². The zero-order chi connectivity index (χ0) is 19.3. The molecule has 28 heavy (non-hydrogen) atoms. The second-order valence-electron chi connectivity index (χ2n) is 8.73. The van der Waals surface area contributed by atoms with Gasteiger partial charge in [0.15, 0.2) is 0 Å². The number of rotatable bonds is 5. The molecule has 2 aliphatic heterocycles. The molecule has 0 radical (unpaired) electrons. The fourth-order valence-electron chi connectivity index (χ4n) is 5.14. The summed E-state index contributed by atoms with van der Waals surface area (Å²) in [6.45, 7) is 3.27. The zero-order valence-corrected chi connectivity index (χ0v) is 16.8. The number of piperidine rings is 1. The third kappa shape index (κ3) is 4.57. The molecule has 4 rings (SSSR count). The van der Waals surface area contributed by atoms with Gasteiger partial charge in [0.2, 0.25) is 11.8 Å². The second kappa shape index (κ2) is 9.08. The lowest BCUT2D eigenvalue weighted by molar-refractivity contribution is -0.133. The number of nitrogens with one attached hydrogen (secondary N) is 2. The molecule has 2 fully saturated rings. The van der Waals surface area contributed by atoms with Crippen LogP contribution in [0.3, 0.4) is 0 Å². The normalized spacial score (nSPS) is 27.3. The van der Waals surface area contributed by atoms with E-state index in [1.54, 1.807) is 0 Å². The Kier molecular flexibility index (Phi) is 6.30. The number of hydrogen-bond acceptors (Lipinski definition) is 3. The molecule has 1 aromatic rings. The van der Waals surface area contributed by atoms with Crippen molar-refractivity contribution < 1.29 is 9.59 Å². The molecular formula is C23H33N3O2. The number of hydrogen-bond donors (Lipinski definition) is 2. The molecule has 0 aromatic heterocycles. The molecule has 2 N–H and O–H groups in total. The minimum absolute atomic E-state index is 0.0207. The first-order chi connectivity index (χ1) is 13.7. The topological polar surface area (TPSA) is 61.4 Å². The van der Waals surface area contributed by atoms with Gasteiger partial charge in [-0.1, -0.05) is 24.3 Å². The average molecular weight is 384 g/mol. The second-order valence-corrected chi connectivity index (χ2v) is 8.73. The Morgan fingerprint density at radius 3 is 2.86 bits per heavy atom. The van der Waals surface area contributed by atoms with Crippen molar-refractivity contribution in [2.24, 2.45) is 5.92 Å². The molecule has 152 valence electrons. The fraction of sp³-hybridized carbons (Fsp3) is 0.652. The van der Waals surface area contributed by atoms with Crippen molar-refractivity contribution in [3.05, 3.63) is 35.4 Å². The highest BCUT2D eigenvalue weighted by atomic mass is 16.2. The number of nitrogens with zero attached hydrogens (tertiary/aromatic N) is 1. The van der Waals surface area contributed by atoms with Gasteiger partial charge < -0.3 is 15.5 Å².